The Labute approximate surface area is 164 Å². The van der Waals surface area contributed by atoms with Crippen molar-refractivity contribution in [2.75, 3.05) is 5.32 Å². The summed E-state index contributed by atoms with van der Waals surface area (Å²) in [5, 5.41) is 6.82. The standard InChI is InChI=1S/C20H18F3N5O/c21-20(22,23)17-5-4-12(26-19(29)28-13-2-1-3-14(28)9-13)8-16(17)18-11-27-15(10-24-18)6-7-25-27/h4-8,10-11,13-14H,1-3,9H2,(H,26,29). The third-order valence-corrected chi connectivity index (χ3v) is 5.77. The lowest BCUT2D eigenvalue weighted by Gasteiger charge is -2.52. The molecule has 2 fully saturated rings. The van der Waals surface area contributed by atoms with Gasteiger partial charge >= 0.3 is 12.2 Å². The van der Waals surface area contributed by atoms with Crippen LogP contribution in [0.2, 0.25) is 0 Å². The van der Waals surface area contributed by atoms with Crippen LogP contribution in [0.1, 0.15) is 31.2 Å². The van der Waals surface area contributed by atoms with Gasteiger partial charge in [-0.1, -0.05) is 0 Å². The van der Waals surface area contributed by atoms with Crippen molar-refractivity contribution >= 4 is 17.2 Å². The van der Waals surface area contributed by atoms with E-state index in [1.54, 1.807) is 12.3 Å². The molecule has 2 bridgehead atoms. The number of fused-ring (bicyclic) bond motifs is 3. The number of rotatable bonds is 2. The minimum Gasteiger partial charge on any atom is -0.318 e. The largest absolute Gasteiger partial charge is 0.417 e. The lowest BCUT2D eigenvalue weighted by molar-refractivity contribution is -0.137. The van der Waals surface area contributed by atoms with Crippen LogP contribution in [0.25, 0.3) is 16.8 Å². The first-order valence-electron chi connectivity index (χ1n) is 9.50. The summed E-state index contributed by atoms with van der Waals surface area (Å²) in [6.45, 7) is 0. The zero-order valence-electron chi connectivity index (χ0n) is 15.4. The van der Waals surface area contributed by atoms with Gasteiger partial charge in [0.1, 0.15) is 0 Å². The molecule has 0 aliphatic carbocycles. The number of hydrogen-bond donors (Lipinski definition) is 1. The van der Waals surface area contributed by atoms with Gasteiger partial charge in [-0.15, -0.1) is 0 Å². The minimum absolute atomic E-state index is 0.100. The molecular weight excluding hydrogens is 383 g/mol. The fourth-order valence-corrected chi connectivity index (χ4v) is 4.36. The van der Waals surface area contributed by atoms with Gasteiger partial charge in [0.05, 0.1) is 35.4 Å². The fourth-order valence-electron chi connectivity index (χ4n) is 4.36. The number of urea groups is 1. The maximum absolute atomic E-state index is 13.6. The third kappa shape index (κ3) is 3.10. The number of carbonyl (C=O) groups is 1. The molecule has 1 N–H and O–H groups in total. The van der Waals surface area contributed by atoms with Gasteiger partial charge in [-0.25, -0.2) is 9.31 Å². The Morgan fingerprint density at radius 1 is 1.17 bits per heavy atom. The van der Waals surface area contributed by atoms with Crippen molar-refractivity contribution in [1.29, 1.82) is 0 Å². The van der Waals surface area contributed by atoms with Crippen LogP contribution in [0.15, 0.2) is 42.9 Å². The quantitative estimate of drug-likeness (QED) is 0.684. The van der Waals surface area contributed by atoms with E-state index in [1.807, 2.05) is 4.90 Å². The van der Waals surface area contributed by atoms with Crippen LogP contribution in [-0.4, -0.2) is 37.6 Å². The number of nitrogens with zero attached hydrogens (tertiary/aromatic N) is 4. The van der Waals surface area contributed by atoms with Crippen molar-refractivity contribution in [3.05, 3.63) is 48.4 Å². The van der Waals surface area contributed by atoms with E-state index in [9.17, 15) is 18.0 Å². The van der Waals surface area contributed by atoms with Crippen LogP contribution in [0.4, 0.5) is 23.7 Å². The Kier molecular flexibility index (Phi) is 4.01. The van der Waals surface area contributed by atoms with Crippen molar-refractivity contribution in [3.63, 3.8) is 0 Å². The van der Waals surface area contributed by atoms with Gasteiger partial charge in [0, 0.05) is 23.3 Å². The highest BCUT2D eigenvalue weighted by Gasteiger charge is 2.44. The van der Waals surface area contributed by atoms with Gasteiger partial charge in [0.25, 0.3) is 0 Å². The first kappa shape index (κ1) is 18.0. The summed E-state index contributed by atoms with van der Waals surface area (Å²) in [6.07, 6.45) is 4.01. The highest BCUT2D eigenvalue weighted by atomic mass is 19.4. The lowest BCUT2D eigenvalue weighted by atomic mass is 9.80. The molecule has 9 heteroatoms. The molecule has 0 spiro atoms. The predicted octanol–water partition coefficient (Wildman–Crippen LogP) is 4.57. The molecule has 2 atom stereocenters. The molecule has 150 valence electrons. The average Bonchev–Trinajstić information content (AvgIpc) is 3.15. The highest BCUT2D eigenvalue weighted by Crippen LogP contribution is 2.40. The molecule has 1 aromatic carbocycles. The third-order valence-electron chi connectivity index (χ3n) is 5.77. The fraction of sp³-hybridized carbons (Fsp3) is 0.350. The Morgan fingerprint density at radius 2 is 1.97 bits per heavy atom. The molecule has 5 rings (SSSR count). The van der Waals surface area contributed by atoms with E-state index in [4.69, 9.17) is 0 Å². The van der Waals surface area contributed by atoms with Crippen molar-refractivity contribution in [3.8, 4) is 11.3 Å². The first-order valence-corrected chi connectivity index (χ1v) is 9.50. The van der Waals surface area contributed by atoms with E-state index in [0.29, 0.717) is 11.2 Å². The van der Waals surface area contributed by atoms with Gasteiger partial charge in [-0.2, -0.15) is 18.3 Å². The van der Waals surface area contributed by atoms with E-state index in [-0.39, 0.29) is 29.4 Å². The Bertz CT molecular complexity index is 1080. The molecule has 0 saturated carbocycles. The normalized spacial score (nSPS) is 21.1. The molecule has 3 aromatic rings. The maximum atomic E-state index is 13.6. The van der Waals surface area contributed by atoms with Crippen molar-refractivity contribution in [2.45, 2.75) is 43.9 Å². The maximum Gasteiger partial charge on any atom is 0.417 e. The second-order valence-corrected chi connectivity index (χ2v) is 7.54. The summed E-state index contributed by atoms with van der Waals surface area (Å²) in [7, 11) is 0. The van der Waals surface area contributed by atoms with Crippen LogP contribution in [0.3, 0.4) is 0 Å². The number of carbonyl (C=O) groups excluding carboxylic acids is 1. The molecule has 2 amide bonds. The molecule has 0 radical (unpaired) electrons. The smallest absolute Gasteiger partial charge is 0.318 e. The van der Waals surface area contributed by atoms with Crippen molar-refractivity contribution < 1.29 is 18.0 Å². The second kappa shape index (κ2) is 6.47. The number of benzene rings is 1. The van der Waals surface area contributed by atoms with Crippen molar-refractivity contribution in [2.24, 2.45) is 0 Å². The molecular formula is C20H18F3N5O. The van der Waals surface area contributed by atoms with Crippen LogP contribution in [0, 0.1) is 0 Å². The van der Waals surface area contributed by atoms with Gasteiger partial charge in [0.15, 0.2) is 0 Å². The summed E-state index contributed by atoms with van der Waals surface area (Å²) in [5.41, 5.74) is 0.207. The van der Waals surface area contributed by atoms with Gasteiger partial charge in [-0.3, -0.25) is 4.98 Å². The monoisotopic (exact) mass is 401 g/mol. The van der Waals surface area contributed by atoms with Crippen LogP contribution in [0.5, 0.6) is 0 Å². The van der Waals surface area contributed by atoms with E-state index >= 15 is 0 Å². The van der Waals surface area contributed by atoms with E-state index in [2.05, 4.69) is 15.4 Å². The van der Waals surface area contributed by atoms with Gasteiger partial charge in [0.2, 0.25) is 0 Å². The van der Waals surface area contributed by atoms with E-state index in [0.717, 1.165) is 31.7 Å². The summed E-state index contributed by atoms with van der Waals surface area (Å²) >= 11 is 0. The topological polar surface area (TPSA) is 62.5 Å². The van der Waals surface area contributed by atoms with Gasteiger partial charge in [-0.05, 0) is 49.9 Å². The van der Waals surface area contributed by atoms with E-state index in [1.165, 1.54) is 29.0 Å². The Morgan fingerprint density at radius 3 is 2.69 bits per heavy atom. The van der Waals surface area contributed by atoms with Crippen LogP contribution in [-0.2, 0) is 6.18 Å². The molecule has 2 aliphatic heterocycles. The van der Waals surface area contributed by atoms with Crippen LogP contribution >= 0.6 is 0 Å². The average molecular weight is 401 g/mol. The molecule has 2 aromatic heterocycles. The Balaban J connectivity index is 1.49. The van der Waals surface area contributed by atoms with Gasteiger partial charge < -0.3 is 10.2 Å². The second-order valence-electron chi connectivity index (χ2n) is 7.54. The summed E-state index contributed by atoms with van der Waals surface area (Å²) in [4.78, 5) is 18.6. The number of hydrogen-bond acceptors (Lipinski definition) is 3. The Hall–Kier alpha value is -3.10. The molecule has 2 saturated heterocycles. The molecule has 2 aliphatic rings. The lowest BCUT2D eigenvalue weighted by Crippen LogP contribution is -2.62. The van der Waals surface area contributed by atoms with Crippen LogP contribution < -0.4 is 5.32 Å². The SMILES string of the molecule is O=C(Nc1ccc(C(F)(F)F)c(-c2cn3nccc3cn2)c1)N1C2CCCC1C2. The number of aromatic nitrogens is 3. The summed E-state index contributed by atoms with van der Waals surface area (Å²) < 4.78 is 42.2. The number of anilines is 1. The van der Waals surface area contributed by atoms with Crippen molar-refractivity contribution in [1.82, 2.24) is 19.5 Å². The molecule has 2 unspecified atom stereocenters. The number of halogens is 3. The summed E-state index contributed by atoms with van der Waals surface area (Å²) in [6, 6.07) is 5.53. The molecule has 29 heavy (non-hydrogen) atoms. The zero-order valence-corrected chi connectivity index (χ0v) is 15.4. The zero-order chi connectivity index (χ0) is 20.2. The first-order chi connectivity index (χ1) is 13.9. The molecule has 4 heterocycles. The number of alkyl halides is 3. The summed E-state index contributed by atoms with van der Waals surface area (Å²) in [5.74, 6) is 0. The number of piperidine rings is 1. The highest BCUT2D eigenvalue weighted by molar-refractivity contribution is 5.91. The van der Waals surface area contributed by atoms with E-state index < -0.39 is 11.7 Å². The number of nitrogens with one attached hydrogen (secondary N) is 1. The number of amides is 2. The molecule has 6 nitrogen and oxygen atoms in total. The minimum atomic E-state index is -4.55. The predicted molar refractivity (Wildman–Crippen MR) is 100 cm³/mol.